The Morgan fingerprint density at radius 1 is 1.28 bits per heavy atom. The maximum Gasteiger partial charge on any atom is 0.265 e. The highest BCUT2D eigenvalue weighted by atomic mass is 16.5. The van der Waals surface area contributed by atoms with E-state index in [9.17, 15) is 4.79 Å². The quantitative estimate of drug-likeness (QED) is 0.844. The summed E-state index contributed by atoms with van der Waals surface area (Å²) in [5.74, 6) is 0.715. The summed E-state index contributed by atoms with van der Waals surface area (Å²) in [6.45, 7) is 0. The molecule has 0 radical (unpaired) electrons. The summed E-state index contributed by atoms with van der Waals surface area (Å²) < 4.78 is 10.3. The predicted molar refractivity (Wildman–Crippen MR) is 63.9 cm³/mol. The van der Waals surface area contributed by atoms with E-state index in [0.717, 1.165) is 0 Å². The number of benzene rings is 1. The van der Waals surface area contributed by atoms with Crippen molar-refractivity contribution in [2.75, 3.05) is 19.5 Å². The number of rotatable bonds is 4. The molecular weight excluding hydrogens is 236 g/mol. The first-order valence-corrected chi connectivity index (χ1v) is 5.14. The number of hydrogen-bond donors (Lipinski definition) is 2. The van der Waals surface area contributed by atoms with Gasteiger partial charge in [-0.1, -0.05) is 6.07 Å². The lowest BCUT2D eigenvalue weighted by molar-refractivity contribution is 0.102. The maximum atomic E-state index is 12.1. The molecule has 0 saturated carbocycles. The van der Waals surface area contributed by atoms with Gasteiger partial charge in [0.25, 0.3) is 5.91 Å². The fourth-order valence-corrected chi connectivity index (χ4v) is 1.51. The summed E-state index contributed by atoms with van der Waals surface area (Å²) >= 11 is 0. The van der Waals surface area contributed by atoms with Gasteiger partial charge in [0.1, 0.15) is 23.4 Å². The molecule has 0 atom stereocenters. The number of carbonyl (C=O) groups excluding carboxylic acids is 1. The van der Waals surface area contributed by atoms with E-state index in [1.54, 1.807) is 18.2 Å². The summed E-state index contributed by atoms with van der Waals surface area (Å²) in [6, 6.07) is 5.10. The average molecular weight is 248 g/mol. The highest BCUT2D eigenvalue weighted by molar-refractivity contribution is 6.07. The molecule has 1 aromatic heterocycles. The van der Waals surface area contributed by atoms with Crippen LogP contribution in [0.25, 0.3) is 0 Å². The first-order valence-electron chi connectivity index (χ1n) is 5.14. The van der Waals surface area contributed by atoms with Gasteiger partial charge in [-0.15, -0.1) is 0 Å². The Labute approximate surface area is 103 Å². The molecule has 7 nitrogen and oxygen atoms in total. The van der Waals surface area contributed by atoms with Crippen LogP contribution >= 0.6 is 0 Å². The molecule has 18 heavy (non-hydrogen) atoms. The van der Waals surface area contributed by atoms with Crippen molar-refractivity contribution in [1.82, 2.24) is 15.2 Å². The number of methoxy groups -OCH3 is 2. The van der Waals surface area contributed by atoms with Gasteiger partial charge in [0, 0.05) is 0 Å². The number of amides is 1. The van der Waals surface area contributed by atoms with E-state index in [4.69, 9.17) is 9.47 Å². The summed E-state index contributed by atoms with van der Waals surface area (Å²) in [6.07, 6.45) is 1.30. The van der Waals surface area contributed by atoms with Crippen LogP contribution in [-0.2, 0) is 0 Å². The SMILES string of the molecule is COc1cccc(OC)c1C(=O)Nc1ncn[nH]1. The number of nitrogens with one attached hydrogen (secondary N) is 2. The van der Waals surface area contributed by atoms with Gasteiger partial charge in [-0.25, -0.2) is 5.10 Å². The van der Waals surface area contributed by atoms with E-state index in [2.05, 4.69) is 20.5 Å². The molecule has 7 heteroatoms. The number of H-pyrrole nitrogens is 1. The molecule has 94 valence electrons. The van der Waals surface area contributed by atoms with Gasteiger partial charge in [-0.3, -0.25) is 10.1 Å². The number of aromatic nitrogens is 3. The van der Waals surface area contributed by atoms with Crippen LogP contribution in [0.3, 0.4) is 0 Å². The van der Waals surface area contributed by atoms with Crippen LogP contribution in [-0.4, -0.2) is 35.3 Å². The fraction of sp³-hybridized carbons (Fsp3) is 0.182. The topological polar surface area (TPSA) is 89.1 Å². The summed E-state index contributed by atoms with van der Waals surface area (Å²) in [5.41, 5.74) is 0.305. The zero-order valence-electron chi connectivity index (χ0n) is 9.93. The van der Waals surface area contributed by atoms with Gasteiger partial charge < -0.3 is 9.47 Å². The smallest absolute Gasteiger partial charge is 0.265 e. The van der Waals surface area contributed by atoms with Crippen molar-refractivity contribution >= 4 is 11.9 Å². The van der Waals surface area contributed by atoms with Crippen molar-refractivity contribution in [2.45, 2.75) is 0 Å². The third kappa shape index (κ3) is 2.24. The van der Waals surface area contributed by atoms with Crippen LogP contribution in [0.4, 0.5) is 5.95 Å². The zero-order chi connectivity index (χ0) is 13.0. The van der Waals surface area contributed by atoms with Crippen LogP contribution in [0.5, 0.6) is 11.5 Å². The molecule has 0 aliphatic rings. The van der Waals surface area contributed by atoms with Gasteiger partial charge in [0.15, 0.2) is 0 Å². The minimum Gasteiger partial charge on any atom is -0.496 e. The van der Waals surface area contributed by atoms with Crippen molar-refractivity contribution in [3.8, 4) is 11.5 Å². The van der Waals surface area contributed by atoms with Crippen LogP contribution in [0.15, 0.2) is 24.5 Å². The summed E-state index contributed by atoms with van der Waals surface area (Å²) in [7, 11) is 2.97. The number of aromatic amines is 1. The average Bonchev–Trinajstić information content (AvgIpc) is 2.90. The van der Waals surface area contributed by atoms with Gasteiger partial charge in [0.2, 0.25) is 5.95 Å². The molecule has 0 saturated heterocycles. The lowest BCUT2D eigenvalue weighted by Crippen LogP contribution is -2.15. The Bertz CT molecular complexity index is 517. The number of hydrogen-bond acceptors (Lipinski definition) is 5. The van der Waals surface area contributed by atoms with Gasteiger partial charge in [-0.2, -0.15) is 10.1 Å². The molecule has 2 rings (SSSR count). The lowest BCUT2D eigenvalue weighted by Gasteiger charge is -2.11. The van der Waals surface area contributed by atoms with Crippen molar-refractivity contribution in [2.24, 2.45) is 0 Å². The second kappa shape index (κ2) is 5.17. The summed E-state index contributed by atoms with van der Waals surface area (Å²) in [4.78, 5) is 15.9. The highest BCUT2D eigenvalue weighted by Crippen LogP contribution is 2.28. The van der Waals surface area contributed by atoms with Crippen molar-refractivity contribution in [3.05, 3.63) is 30.1 Å². The molecular formula is C11H12N4O3. The Morgan fingerprint density at radius 3 is 2.44 bits per heavy atom. The lowest BCUT2D eigenvalue weighted by atomic mass is 10.1. The first-order chi connectivity index (χ1) is 8.76. The molecule has 1 heterocycles. The normalized spacial score (nSPS) is 9.89. The van der Waals surface area contributed by atoms with Crippen molar-refractivity contribution < 1.29 is 14.3 Å². The molecule has 0 aliphatic carbocycles. The van der Waals surface area contributed by atoms with Crippen LogP contribution in [0.2, 0.25) is 0 Å². The number of carbonyl (C=O) groups is 1. The standard InChI is InChI=1S/C11H12N4O3/c1-17-7-4-3-5-8(18-2)9(7)10(16)14-11-12-6-13-15-11/h3-6H,1-2H3,(H2,12,13,14,15,16). The third-order valence-electron chi connectivity index (χ3n) is 2.30. The van der Waals surface area contributed by atoms with Crippen molar-refractivity contribution in [1.29, 1.82) is 0 Å². The predicted octanol–water partition coefficient (Wildman–Crippen LogP) is 1.07. The molecule has 0 fully saturated rings. The zero-order valence-corrected chi connectivity index (χ0v) is 9.93. The minimum atomic E-state index is -0.388. The van der Waals surface area contributed by atoms with Crippen LogP contribution < -0.4 is 14.8 Å². The third-order valence-corrected chi connectivity index (χ3v) is 2.30. The monoisotopic (exact) mass is 248 g/mol. The first kappa shape index (κ1) is 11.9. The Balaban J connectivity index is 2.33. The van der Waals surface area contributed by atoms with Gasteiger partial charge in [-0.05, 0) is 12.1 Å². The van der Waals surface area contributed by atoms with E-state index in [1.165, 1.54) is 20.5 Å². The Hall–Kier alpha value is -2.57. The minimum absolute atomic E-state index is 0.257. The number of ether oxygens (including phenoxy) is 2. The van der Waals surface area contributed by atoms with E-state index in [1.807, 2.05) is 0 Å². The highest BCUT2D eigenvalue weighted by Gasteiger charge is 2.18. The van der Waals surface area contributed by atoms with Gasteiger partial charge in [0.05, 0.1) is 14.2 Å². The van der Waals surface area contributed by atoms with Gasteiger partial charge >= 0.3 is 0 Å². The van der Waals surface area contributed by atoms with Crippen molar-refractivity contribution in [3.63, 3.8) is 0 Å². The van der Waals surface area contributed by atoms with E-state index in [-0.39, 0.29) is 11.9 Å². The molecule has 0 spiro atoms. The van der Waals surface area contributed by atoms with Crippen LogP contribution in [0, 0.1) is 0 Å². The fourth-order valence-electron chi connectivity index (χ4n) is 1.51. The second-order valence-corrected chi connectivity index (χ2v) is 3.33. The molecule has 1 amide bonds. The Kier molecular flexibility index (Phi) is 3.42. The maximum absolute atomic E-state index is 12.1. The Morgan fingerprint density at radius 2 is 1.94 bits per heavy atom. The number of nitrogens with zero attached hydrogens (tertiary/aromatic N) is 2. The molecule has 0 unspecified atom stereocenters. The molecule has 1 aromatic carbocycles. The van der Waals surface area contributed by atoms with E-state index < -0.39 is 0 Å². The largest absolute Gasteiger partial charge is 0.496 e. The van der Waals surface area contributed by atoms with E-state index in [0.29, 0.717) is 17.1 Å². The molecule has 2 N–H and O–H groups in total. The molecule has 0 bridgehead atoms. The molecule has 0 aliphatic heterocycles. The second-order valence-electron chi connectivity index (χ2n) is 3.33. The number of anilines is 1. The van der Waals surface area contributed by atoms with E-state index >= 15 is 0 Å². The summed E-state index contributed by atoms with van der Waals surface area (Å²) in [5, 5.41) is 8.74. The molecule has 2 aromatic rings. The van der Waals surface area contributed by atoms with Crippen LogP contribution in [0.1, 0.15) is 10.4 Å².